The lowest BCUT2D eigenvalue weighted by atomic mass is 9.97. The molecule has 0 saturated heterocycles. The molecule has 0 amide bonds. The van der Waals surface area contributed by atoms with Crippen molar-refractivity contribution in [1.82, 2.24) is 0 Å². The van der Waals surface area contributed by atoms with E-state index < -0.39 is 6.29 Å². The monoisotopic (exact) mass is 158 g/mol. The fourth-order valence-corrected chi connectivity index (χ4v) is 1.07. The Morgan fingerprint density at radius 2 is 2.45 bits per heavy atom. The lowest BCUT2D eigenvalue weighted by molar-refractivity contribution is -0.134. The Balaban J connectivity index is 2.12. The molecule has 0 fully saturated rings. The number of rotatable bonds is 4. The van der Waals surface area contributed by atoms with Crippen molar-refractivity contribution in [2.75, 3.05) is 6.61 Å². The van der Waals surface area contributed by atoms with E-state index in [1.807, 2.05) is 13.0 Å². The smallest absolute Gasteiger partial charge is 0.157 e. The van der Waals surface area contributed by atoms with Crippen LogP contribution in [-0.2, 0) is 4.74 Å². The fraction of sp³-hybridized carbons (Fsp3) is 0.750. The quantitative estimate of drug-likeness (QED) is 0.460. The van der Waals surface area contributed by atoms with Gasteiger partial charge in [-0.2, -0.15) is 0 Å². The second-order valence-corrected chi connectivity index (χ2v) is 2.86. The summed E-state index contributed by atoms with van der Waals surface area (Å²) >= 11 is 0. The molecule has 2 N–H and O–H groups in total. The lowest BCUT2D eigenvalue weighted by Crippen LogP contribution is -2.26. The Morgan fingerprint density at radius 1 is 1.82 bits per heavy atom. The Morgan fingerprint density at radius 3 is 2.91 bits per heavy atom. The Kier molecular flexibility index (Phi) is 3.05. The second kappa shape index (κ2) is 3.85. The number of aliphatic hydroxyl groups is 2. The first-order chi connectivity index (χ1) is 5.22. The van der Waals surface area contributed by atoms with Crippen molar-refractivity contribution in [2.24, 2.45) is 0 Å². The van der Waals surface area contributed by atoms with Gasteiger partial charge in [0.25, 0.3) is 0 Å². The summed E-state index contributed by atoms with van der Waals surface area (Å²) in [6, 6.07) is 0. The van der Waals surface area contributed by atoms with Gasteiger partial charge in [-0.05, 0) is 13.3 Å². The van der Waals surface area contributed by atoms with Crippen LogP contribution in [0.15, 0.2) is 11.6 Å². The van der Waals surface area contributed by atoms with Crippen LogP contribution in [0.1, 0.15) is 19.8 Å². The summed E-state index contributed by atoms with van der Waals surface area (Å²) in [7, 11) is 0. The van der Waals surface area contributed by atoms with Crippen molar-refractivity contribution in [3.8, 4) is 0 Å². The van der Waals surface area contributed by atoms with E-state index in [4.69, 9.17) is 14.9 Å². The fourth-order valence-electron chi connectivity index (χ4n) is 1.07. The van der Waals surface area contributed by atoms with Crippen molar-refractivity contribution >= 4 is 0 Å². The highest BCUT2D eigenvalue weighted by molar-refractivity contribution is 5.15. The SMILES string of the molecule is CC1=CC(OC(O)CCO)C1. The van der Waals surface area contributed by atoms with E-state index in [1.165, 1.54) is 5.57 Å². The highest BCUT2D eigenvalue weighted by atomic mass is 16.6. The topological polar surface area (TPSA) is 49.7 Å². The van der Waals surface area contributed by atoms with Crippen LogP contribution in [0.2, 0.25) is 0 Å². The molecule has 2 unspecified atom stereocenters. The van der Waals surface area contributed by atoms with Gasteiger partial charge in [0.05, 0.1) is 6.10 Å². The minimum absolute atomic E-state index is 0.0312. The molecule has 0 aliphatic heterocycles. The highest BCUT2D eigenvalue weighted by Crippen LogP contribution is 2.22. The van der Waals surface area contributed by atoms with E-state index >= 15 is 0 Å². The van der Waals surface area contributed by atoms with E-state index in [0.29, 0.717) is 6.42 Å². The molecule has 1 aliphatic carbocycles. The van der Waals surface area contributed by atoms with Gasteiger partial charge in [0.2, 0.25) is 0 Å². The van der Waals surface area contributed by atoms with Gasteiger partial charge in [-0.3, -0.25) is 0 Å². The third-order valence-electron chi connectivity index (χ3n) is 1.70. The van der Waals surface area contributed by atoms with Crippen molar-refractivity contribution < 1.29 is 14.9 Å². The van der Waals surface area contributed by atoms with Crippen molar-refractivity contribution in [3.05, 3.63) is 11.6 Å². The Labute approximate surface area is 66.3 Å². The van der Waals surface area contributed by atoms with Crippen LogP contribution in [0.3, 0.4) is 0 Å². The third-order valence-corrected chi connectivity index (χ3v) is 1.70. The predicted octanol–water partition coefficient (Wildman–Crippen LogP) is 0.422. The molecular weight excluding hydrogens is 144 g/mol. The van der Waals surface area contributed by atoms with Crippen molar-refractivity contribution in [1.29, 1.82) is 0 Å². The predicted molar refractivity (Wildman–Crippen MR) is 41.0 cm³/mol. The van der Waals surface area contributed by atoms with Crippen LogP contribution in [0.4, 0.5) is 0 Å². The first kappa shape index (κ1) is 8.71. The number of hydrogen-bond acceptors (Lipinski definition) is 3. The molecule has 0 aromatic rings. The molecule has 3 heteroatoms. The maximum absolute atomic E-state index is 9.06. The average molecular weight is 158 g/mol. The lowest BCUT2D eigenvalue weighted by Gasteiger charge is -2.25. The molecule has 0 saturated carbocycles. The largest absolute Gasteiger partial charge is 0.396 e. The molecule has 0 heterocycles. The molecule has 0 bridgehead atoms. The summed E-state index contributed by atoms with van der Waals surface area (Å²) in [6.07, 6.45) is 2.43. The van der Waals surface area contributed by atoms with E-state index in [0.717, 1.165) is 6.42 Å². The first-order valence-corrected chi connectivity index (χ1v) is 3.84. The summed E-state index contributed by atoms with van der Waals surface area (Å²) in [5.74, 6) is 0. The Bertz CT molecular complexity index is 153. The summed E-state index contributed by atoms with van der Waals surface area (Å²) in [6.45, 7) is 1.99. The molecule has 11 heavy (non-hydrogen) atoms. The first-order valence-electron chi connectivity index (χ1n) is 3.84. The Hall–Kier alpha value is -0.380. The molecule has 1 rings (SSSR count). The summed E-state index contributed by atoms with van der Waals surface area (Å²) in [5, 5.41) is 17.5. The van der Waals surface area contributed by atoms with Gasteiger partial charge in [-0.1, -0.05) is 11.6 Å². The van der Waals surface area contributed by atoms with Crippen LogP contribution in [0, 0.1) is 0 Å². The third kappa shape index (κ3) is 2.61. The van der Waals surface area contributed by atoms with Gasteiger partial charge in [0.1, 0.15) is 0 Å². The van der Waals surface area contributed by atoms with E-state index in [9.17, 15) is 0 Å². The molecule has 1 aliphatic rings. The van der Waals surface area contributed by atoms with Crippen LogP contribution < -0.4 is 0 Å². The molecule has 0 radical (unpaired) electrons. The average Bonchev–Trinajstić information content (AvgIpc) is 1.85. The van der Waals surface area contributed by atoms with Crippen LogP contribution >= 0.6 is 0 Å². The highest BCUT2D eigenvalue weighted by Gasteiger charge is 2.19. The summed E-state index contributed by atoms with van der Waals surface area (Å²) < 4.78 is 5.12. The zero-order valence-corrected chi connectivity index (χ0v) is 6.66. The zero-order chi connectivity index (χ0) is 8.27. The van der Waals surface area contributed by atoms with E-state index in [1.54, 1.807) is 0 Å². The van der Waals surface area contributed by atoms with Gasteiger partial charge in [0, 0.05) is 13.0 Å². The minimum atomic E-state index is -0.811. The molecule has 3 nitrogen and oxygen atoms in total. The second-order valence-electron chi connectivity index (χ2n) is 2.86. The maximum Gasteiger partial charge on any atom is 0.157 e. The minimum Gasteiger partial charge on any atom is -0.396 e. The summed E-state index contributed by atoms with van der Waals surface area (Å²) in [4.78, 5) is 0. The molecule has 0 spiro atoms. The van der Waals surface area contributed by atoms with E-state index in [2.05, 4.69) is 0 Å². The zero-order valence-electron chi connectivity index (χ0n) is 6.66. The number of aliphatic hydroxyl groups excluding tert-OH is 2. The van der Waals surface area contributed by atoms with Gasteiger partial charge >= 0.3 is 0 Å². The molecular formula is C8H14O3. The van der Waals surface area contributed by atoms with Crippen molar-refractivity contribution in [3.63, 3.8) is 0 Å². The van der Waals surface area contributed by atoms with Gasteiger partial charge in [0.15, 0.2) is 6.29 Å². The van der Waals surface area contributed by atoms with Crippen LogP contribution in [-0.4, -0.2) is 29.2 Å². The normalized spacial score (nSPS) is 25.7. The molecule has 0 aromatic heterocycles. The molecule has 2 atom stereocenters. The maximum atomic E-state index is 9.06. The van der Waals surface area contributed by atoms with E-state index in [-0.39, 0.29) is 12.7 Å². The van der Waals surface area contributed by atoms with Crippen LogP contribution in [0.5, 0.6) is 0 Å². The van der Waals surface area contributed by atoms with Gasteiger partial charge in [-0.25, -0.2) is 0 Å². The number of hydrogen-bond donors (Lipinski definition) is 2. The molecule has 64 valence electrons. The standard InChI is InChI=1S/C8H14O3/c1-6-4-7(5-6)11-8(10)2-3-9/h4,7-10H,2-3,5H2,1H3. The molecule has 0 aromatic carbocycles. The number of ether oxygens (including phenoxy) is 1. The van der Waals surface area contributed by atoms with Crippen molar-refractivity contribution in [2.45, 2.75) is 32.2 Å². The summed E-state index contributed by atoms with van der Waals surface area (Å²) in [5.41, 5.74) is 1.30. The van der Waals surface area contributed by atoms with Crippen LogP contribution in [0.25, 0.3) is 0 Å². The van der Waals surface area contributed by atoms with Gasteiger partial charge in [-0.15, -0.1) is 0 Å². The van der Waals surface area contributed by atoms with Gasteiger partial charge < -0.3 is 14.9 Å².